The predicted octanol–water partition coefficient (Wildman–Crippen LogP) is 6.86. The third-order valence-corrected chi connectivity index (χ3v) is 10.7. The zero-order valence-electron chi connectivity index (χ0n) is 26.0. The van der Waals surface area contributed by atoms with Crippen LogP contribution in [0.3, 0.4) is 0 Å². The van der Waals surface area contributed by atoms with Gasteiger partial charge in [-0.1, -0.05) is 94.9 Å². The summed E-state index contributed by atoms with van der Waals surface area (Å²) in [6.07, 6.45) is 6.31. The van der Waals surface area contributed by atoms with Gasteiger partial charge in [0.2, 0.25) is 0 Å². The number of ether oxygens (including phenoxy) is 3. The number of hydrogen-bond donors (Lipinski definition) is 0. The quantitative estimate of drug-likeness (QED) is 0.207. The summed E-state index contributed by atoms with van der Waals surface area (Å²) in [5.41, 5.74) is 1.26. The van der Waals surface area contributed by atoms with Crippen LogP contribution in [0.4, 0.5) is 0 Å². The third-order valence-electron chi connectivity index (χ3n) is 10.7. The molecule has 6 heteroatoms. The van der Waals surface area contributed by atoms with Gasteiger partial charge in [-0.15, -0.1) is 0 Å². The van der Waals surface area contributed by atoms with Crippen LogP contribution in [0, 0.1) is 35.0 Å². The summed E-state index contributed by atoms with van der Waals surface area (Å²) >= 11 is 0. The molecule has 6 nitrogen and oxygen atoms in total. The normalized spacial score (nSPS) is 35.7. The molecule has 2 aliphatic heterocycles. The molecule has 0 radical (unpaired) electrons. The minimum Gasteiger partial charge on any atom is -0.458 e. The summed E-state index contributed by atoms with van der Waals surface area (Å²) in [5.74, 6) is -1.64. The third kappa shape index (κ3) is 5.38. The lowest BCUT2D eigenvalue weighted by molar-refractivity contribution is -0.171. The van der Waals surface area contributed by atoms with Gasteiger partial charge in [0.05, 0.1) is 12.0 Å². The molecule has 4 fully saturated rings. The van der Waals surface area contributed by atoms with Gasteiger partial charge in [-0.3, -0.25) is 4.79 Å². The molecule has 2 saturated heterocycles. The molecule has 0 N–H and O–H groups in total. The van der Waals surface area contributed by atoms with E-state index in [1.54, 1.807) is 12.2 Å². The van der Waals surface area contributed by atoms with Gasteiger partial charge in [-0.25, -0.2) is 9.59 Å². The minimum absolute atomic E-state index is 0.00903. The molecule has 0 aromatic heterocycles. The molecule has 2 aliphatic carbocycles. The second-order valence-electron chi connectivity index (χ2n) is 13.7. The number of carbonyl (C=O) groups is 3. The molecule has 2 saturated carbocycles. The van der Waals surface area contributed by atoms with Crippen LogP contribution in [0.1, 0.15) is 58.1 Å². The highest BCUT2D eigenvalue weighted by Crippen LogP contribution is 2.67. The lowest BCUT2D eigenvalue weighted by Crippen LogP contribution is -2.52. The molecule has 6 rings (SSSR count). The van der Waals surface area contributed by atoms with Crippen LogP contribution in [0.15, 0.2) is 85.0 Å². The number of carbonyl (C=O) groups excluding carboxylic acids is 3. The fourth-order valence-electron chi connectivity index (χ4n) is 8.35. The van der Waals surface area contributed by atoms with Crippen LogP contribution >= 0.6 is 0 Å². The SMILES string of the molecule is C=C1CC[C@H]2[C@@H]([C@@H]3O[C@]4(C[C@H](C)[C@H](OC(=O)/C=C/c5ccccc5)[C@@H]4[C@H]1OC(=O)/C=C/c1ccccc1)C(=O)[C@H]3C)C2(C)C. The molecule has 9 atom stereocenters. The van der Waals surface area contributed by atoms with Gasteiger partial charge in [0.25, 0.3) is 0 Å². The van der Waals surface area contributed by atoms with E-state index in [-0.39, 0.29) is 35.1 Å². The summed E-state index contributed by atoms with van der Waals surface area (Å²) in [5, 5.41) is 0. The number of benzene rings is 2. The molecule has 230 valence electrons. The van der Waals surface area contributed by atoms with Gasteiger partial charge in [0.1, 0.15) is 17.8 Å². The van der Waals surface area contributed by atoms with Crippen molar-refractivity contribution in [2.75, 3.05) is 0 Å². The molecule has 1 spiro atoms. The lowest BCUT2D eigenvalue weighted by atomic mass is 9.77. The van der Waals surface area contributed by atoms with E-state index in [4.69, 9.17) is 14.2 Å². The second kappa shape index (κ2) is 11.6. The summed E-state index contributed by atoms with van der Waals surface area (Å²) in [6.45, 7) is 12.9. The van der Waals surface area contributed by atoms with Gasteiger partial charge in [-0.2, -0.15) is 0 Å². The van der Waals surface area contributed by atoms with E-state index in [0.717, 1.165) is 23.1 Å². The highest BCUT2D eigenvalue weighted by atomic mass is 16.6. The van der Waals surface area contributed by atoms with E-state index in [2.05, 4.69) is 20.4 Å². The molecule has 44 heavy (non-hydrogen) atoms. The molecule has 2 bridgehead atoms. The maximum Gasteiger partial charge on any atom is 0.331 e. The predicted molar refractivity (Wildman–Crippen MR) is 169 cm³/mol. The Balaban J connectivity index is 1.36. The number of ketones is 1. The molecule has 0 amide bonds. The average Bonchev–Trinajstić information content (AvgIpc) is 3.33. The van der Waals surface area contributed by atoms with Crippen LogP contribution < -0.4 is 0 Å². The van der Waals surface area contributed by atoms with Crippen LogP contribution in [-0.2, 0) is 28.6 Å². The molecule has 2 aromatic rings. The van der Waals surface area contributed by atoms with Crippen LogP contribution in [0.25, 0.3) is 12.2 Å². The first kappa shape index (κ1) is 30.3. The minimum atomic E-state index is -1.24. The van der Waals surface area contributed by atoms with Crippen molar-refractivity contribution in [1.82, 2.24) is 0 Å². The van der Waals surface area contributed by atoms with E-state index in [0.29, 0.717) is 18.8 Å². The number of fused-ring (bicyclic) bond motifs is 3. The maximum atomic E-state index is 14.4. The first-order valence-corrected chi connectivity index (χ1v) is 15.8. The van der Waals surface area contributed by atoms with E-state index in [1.807, 2.05) is 74.5 Å². The van der Waals surface area contributed by atoms with Crippen LogP contribution in [0.2, 0.25) is 0 Å². The maximum absolute atomic E-state index is 14.4. The first-order valence-electron chi connectivity index (χ1n) is 15.8. The number of rotatable bonds is 6. The zero-order valence-corrected chi connectivity index (χ0v) is 26.0. The monoisotopic (exact) mass is 594 g/mol. The zero-order chi connectivity index (χ0) is 31.2. The van der Waals surface area contributed by atoms with Gasteiger partial charge < -0.3 is 14.2 Å². The van der Waals surface area contributed by atoms with Crippen molar-refractivity contribution in [1.29, 1.82) is 0 Å². The van der Waals surface area contributed by atoms with E-state index < -0.39 is 35.7 Å². The van der Waals surface area contributed by atoms with Crippen LogP contribution in [0.5, 0.6) is 0 Å². The molecule has 2 aromatic carbocycles. The Bertz CT molecular complexity index is 1490. The lowest BCUT2D eigenvalue weighted by Gasteiger charge is -2.38. The van der Waals surface area contributed by atoms with Crippen molar-refractivity contribution in [3.63, 3.8) is 0 Å². The molecule has 2 heterocycles. The summed E-state index contributed by atoms with van der Waals surface area (Å²) in [4.78, 5) is 41.0. The van der Waals surface area contributed by atoms with Crippen molar-refractivity contribution in [3.8, 4) is 0 Å². The summed E-state index contributed by atoms with van der Waals surface area (Å²) in [6, 6.07) is 19.0. The fraction of sp³-hybridized carbons (Fsp3) is 0.447. The van der Waals surface area contributed by atoms with Crippen molar-refractivity contribution >= 4 is 29.9 Å². The Kier molecular flexibility index (Phi) is 8.00. The van der Waals surface area contributed by atoms with Gasteiger partial charge in [0.15, 0.2) is 5.78 Å². The molecule has 0 unspecified atom stereocenters. The Labute approximate surface area is 260 Å². The molecular weight excluding hydrogens is 552 g/mol. The molecular formula is C38H42O6. The average molecular weight is 595 g/mol. The number of hydrogen-bond acceptors (Lipinski definition) is 6. The van der Waals surface area contributed by atoms with Gasteiger partial charge >= 0.3 is 11.9 Å². The van der Waals surface area contributed by atoms with Crippen molar-refractivity contribution in [3.05, 3.63) is 96.1 Å². The van der Waals surface area contributed by atoms with Crippen molar-refractivity contribution in [2.24, 2.45) is 35.0 Å². The van der Waals surface area contributed by atoms with Gasteiger partial charge in [0, 0.05) is 18.1 Å². The van der Waals surface area contributed by atoms with E-state index in [1.165, 1.54) is 12.2 Å². The first-order chi connectivity index (χ1) is 21.0. The number of Topliss-reactive ketones (excluding diaryl/α,β-unsaturated/α-hetero) is 1. The topological polar surface area (TPSA) is 78.9 Å². The van der Waals surface area contributed by atoms with Crippen molar-refractivity contribution < 1.29 is 28.6 Å². The van der Waals surface area contributed by atoms with Crippen LogP contribution in [-0.4, -0.2) is 41.6 Å². The Hall–Kier alpha value is -3.77. The smallest absolute Gasteiger partial charge is 0.331 e. The largest absolute Gasteiger partial charge is 0.458 e. The highest BCUT2D eigenvalue weighted by Gasteiger charge is 2.73. The summed E-state index contributed by atoms with van der Waals surface area (Å²) < 4.78 is 19.4. The van der Waals surface area contributed by atoms with Crippen molar-refractivity contribution in [2.45, 2.75) is 70.9 Å². The highest BCUT2D eigenvalue weighted by molar-refractivity contribution is 5.93. The Morgan fingerprint density at radius 2 is 1.45 bits per heavy atom. The van der Waals surface area contributed by atoms with E-state index in [9.17, 15) is 14.4 Å². The second-order valence-corrected chi connectivity index (χ2v) is 13.7. The Morgan fingerprint density at radius 3 is 2.05 bits per heavy atom. The fourth-order valence-corrected chi connectivity index (χ4v) is 8.35. The summed E-state index contributed by atoms with van der Waals surface area (Å²) in [7, 11) is 0. The molecule has 4 aliphatic rings. The van der Waals surface area contributed by atoms with Gasteiger partial charge in [-0.05, 0) is 71.3 Å². The van der Waals surface area contributed by atoms with E-state index >= 15 is 0 Å². The Morgan fingerprint density at radius 1 is 0.886 bits per heavy atom. The standard InChI is InChI=1S/C38H42O6/c1-23-16-19-28-31(37(28,4)5)35-25(3)36(41)38(44-35)22-24(2)34(43-30(40)21-18-27-14-10-7-11-15-27)32(38)33(23)42-29(39)20-17-26-12-8-6-9-13-26/h6-15,17-18,20-21,24-25,28,31-35H,1,16,19,22H2,2-5H3/b20-17+,21-18+/t24-,25-,28-,31-,32-,33-,34-,35+,38-/m0/s1. The number of esters is 2.